The van der Waals surface area contributed by atoms with Gasteiger partial charge in [0.05, 0.1) is 12.2 Å². The Labute approximate surface area is 149 Å². The lowest BCUT2D eigenvalue weighted by molar-refractivity contribution is -0.0672. The lowest BCUT2D eigenvalue weighted by Gasteiger charge is -2.35. The highest BCUT2D eigenvalue weighted by atomic mass is 16.5. The molecular formula is C21H26N2O2. The average molecular weight is 338 g/mol. The number of hydrogen-bond donors (Lipinski definition) is 1. The third-order valence-electron chi connectivity index (χ3n) is 4.46. The number of carbonyl (C=O) groups excluding carboxylic acids is 1. The fraction of sp³-hybridized carbons (Fsp3) is 0.381. The van der Waals surface area contributed by atoms with Crippen LogP contribution in [0.4, 0.5) is 0 Å². The van der Waals surface area contributed by atoms with Gasteiger partial charge in [0.2, 0.25) is 0 Å². The van der Waals surface area contributed by atoms with Gasteiger partial charge in [0, 0.05) is 31.7 Å². The van der Waals surface area contributed by atoms with Crippen molar-refractivity contribution in [3.05, 3.63) is 60.2 Å². The van der Waals surface area contributed by atoms with Crippen molar-refractivity contribution in [3.8, 4) is 11.1 Å². The minimum Gasteiger partial charge on any atom is -0.373 e. The molecule has 0 bridgehead atoms. The molecule has 0 saturated carbocycles. The molecule has 2 atom stereocenters. The zero-order chi connectivity index (χ0) is 17.6. The maximum atomic E-state index is 12.3. The van der Waals surface area contributed by atoms with Gasteiger partial charge in [-0.1, -0.05) is 42.5 Å². The van der Waals surface area contributed by atoms with Crippen molar-refractivity contribution < 1.29 is 9.53 Å². The molecule has 4 nitrogen and oxygen atoms in total. The summed E-state index contributed by atoms with van der Waals surface area (Å²) in [6.07, 6.45) is 0.509. The number of rotatable bonds is 5. The summed E-state index contributed by atoms with van der Waals surface area (Å²) in [5.74, 6) is -0.0195. The van der Waals surface area contributed by atoms with Gasteiger partial charge in [0.1, 0.15) is 0 Å². The van der Waals surface area contributed by atoms with E-state index in [1.165, 1.54) is 0 Å². The number of hydrogen-bond acceptors (Lipinski definition) is 3. The molecule has 1 saturated heterocycles. The van der Waals surface area contributed by atoms with Crippen molar-refractivity contribution in [2.45, 2.75) is 26.1 Å². The van der Waals surface area contributed by atoms with Crippen LogP contribution >= 0.6 is 0 Å². The summed E-state index contributed by atoms with van der Waals surface area (Å²) in [4.78, 5) is 14.7. The Morgan fingerprint density at radius 2 is 1.60 bits per heavy atom. The second-order valence-electron chi connectivity index (χ2n) is 6.72. The molecule has 1 aliphatic heterocycles. The van der Waals surface area contributed by atoms with Crippen molar-refractivity contribution in [1.82, 2.24) is 10.2 Å². The molecule has 1 N–H and O–H groups in total. The van der Waals surface area contributed by atoms with E-state index in [0.717, 1.165) is 30.8 Å². The highest BCUT2D eigenvalue weighted by Gasteiger charge is 2.21. The van der Waals surface area contributed by atoms with Gasteiger partial charge in [-0.15, -0.1) is 0 Å². The van der Waals surface area contributed by atoms with E-state index in [9.17, 15) is 4.79 Å². The van der Waals surface area contributed by atoms with Gasteiger partial charge in [0.25, 0.3) is 5.91 Å². The molecule has 132 valence electrons. The highest BCUT2D eigenvalue weighted by molar-refractivity contribution is 5.94. The van der Waals surface area contributed by atoms with Gasteiger partial charge in [-0.25, -0.2) is 0 Å². The maximum Gasteiger partial charge on any atom is 0.251 e. The maximum absolute atomic E-state index is 12.3. The fourth-order valence-corrected chi connectivity index (χ4v) is 3.34. The summed E-state index contributed by atoms with van der Waals surface area (Å²) in [7, 11) is 0. The summed E-state index contributed by atoms with van der Waals surface area (Å²) in [5.41, 5.74) is 2.97. The Hall–Kier alpha value is -2.17. The van der Waals surface area contributed by atoms with E-state index in [2.05, 4.69) is 36.2 Å². The molecular weight excluding hydrogens is 312 g/mol. The predicted octanol–water partition coefficient (Wildman–Crippen LogP) is 3.19. The van der Waals surface area contributed by atoms with Crippen LogP contribution in [0.2, 0.25) is 0 Å². The van der Waals surface area contributed by atoms with Gasteiger partial charge in [0.15, 0.2) is 0 Å². The molecule has 0 aromatic heterocycles. The predicted molar refractivity (Wildman–Crippen MR) is 101 cm³/mol. The van der Waals surface area contributed by atoms with Crippen LogP contribution < -0.4 is 5.32 Å². The van der Waals surface area contributed by atoms with Crippen molar-refractivity contribution >= 4 is 5.91 Å². The number of carbonyl (C=O) groups is 1. The summed E-state index contributed by atoms with van der Waals surface area (Å²) < 4.78 is 5.73. The Balaban J connectivity index is 1.50. The number of ether oxygens (including phenoxy) is 1. The van der Waals surface area contributed by atoms with Gasteiger partial charge in [-0.3, -0.25) is 9.69 Å². The van der Waals surface area contributed by atoms with Gasteiger partial charge < -0.3 is 10.1 Å². The number of amides is 1. The molecule has 0 aliphatic carbocycles. The third-order valence-corrected chi connectivity index (χ3v) is 4.46. The average Bonchev–Trinajstić information content (AvgIpc) is 2.62. The minimum atomic E-state index is -0.0195. The normalized spacial score (nSPS) is 21.0. The van der Waals surface area contributed by atoms with Gasteiger partial charge in [-0.05, 0) is 37.1 Å². The first-order valence-electron chi connectivity index (χ1n) is 8.93. The van der Waals surface area contributed by atoms with E-state index in [1.54, 1.807) is 0 Å². The molecule has 0 spiro atoms. The number of nitrogens with one attached hydrogen (secondary N) is 1. The van der Waals surface area contributed by atoms with E-state index >= 15 is 0 Å². The Morgan fingerprint density at radius 3 is 2.24 bits per heavy atom. The van der Waals surface area contributed by atoms with E-state index in [0.29, 0.717) is 12.1 Å². The Bertz CT molecular complexity index is 675. The molecule has 2 aromatic carbocycles. The molecule has 0 radical (unpaired) electrons. The topological polar surface area (TPSA) is 41.6 Å². The number of morpholine rings is 1. The largest absolute Gasteiger partial charge is 0.373 e. The summed E-state index contributed by atoms with van der Waals surface area (Å²) >= 11 is 0. The number of benzene rings is 2. The first kappa shape index (κ1) is 17.6. The van der Waals surface area contributed by atoms with Crippen LogP contribution in [0.15, 0.2) is 54.6 Å². The van der Waals surface area contributed by atoms with Crippen LogP contribution in [0.1, 0.15) is 24.2 Å². The first-order valence-corrected chi connectivity index (χ1v) is 8.93. The van der Waals surface area contributed by atoms with Crippen molar-refractivity contribution in [3.63, 3.8) is 0 Å². The van der Waals surface area contributed by atoms with E-state index in [4.69, 9.17) is 4.74 Å². The molecule has 1 aliphatic rings. The molecule has 3 rings (SSSR count). The van der Waals surface area contributed by atoms with Crippen molar-refractivity contribution in [2.24, 2.45) is 0 Å². The molecule has 1 amide bonds. The summed E-state index contributed by atoms with van der Waals surface area (Å²) in [6, 6.07) is 17.9. The van der Waals surface area contributed by atoms with E-state index < -0.39 is 0 Å². The third kappa shape index (κ3) is 4.91. The monoisotopic (exact) mass is 338 g/mol. The quantitative estimate of drug-likeness (QED) is 0.910. The van der Waals surface area contributed by atoms with Crippen LogP contribution in [0, 0.1) is 0 Å². The first-order chi connectivity index (χ1) is 12.1. The smallest absolute Gasteiger partial charge is 0.251 e. The van der Waals surface area contributed by atoms with Crippen LogP contribution in [0.3, 0.4) is 0 Å². The molecule has 1 fully saturated rings. The lowest BCUT2D eigenvalue weighted by Crippen LogP contribution is -2.47. The molecule has 0 unspecified atom stereocenters. The standard InChI is InChI=1S/C21H26N2O2/c1-16-14-23(15-17(2)25-16)13-12-22-21(24)20-10-8-19(9-11-20)18-6-4-3-5-7-18/h3-11,16-17H,12-15H2,1-2H3,(H,22,24)/t16-,17+. The summed E-state index contributed by atoms with van der Waals surface area (Å²) in [5, 5.41) is 3.01. The van der Waals surface area contributed by atoms with E-state index in [1.807, 2.05) is 42.5 Å². The van der Waals surface area contributed by atoms with Gasteiger partial charge in [-0.2, -0.15) is 0 Å². The van der Waals surface area contributed by atoms with Crippen LogP contribution in [-0.2, 0) is 4.74 Å². The lowest BCUT2D eigenvalue weighted by atomic mass is 10.0. The second-order valence-corrected chi connectivity index (χ2v) is 6.72. The molecule has 4 heteroatoms. The fourth-order valence-electron chi connectivity index (χ4n) is 3.34. The van der Waals surface area contributed by atoms with E-state index in [-0.39, 0.29) is 18.1 Å². The molecule has 1 heterocycles. The SMILES string of the molecule is C[C@@H]1CN(CCNC(=O)c2ccc(-c3ccccc3)cc2)C[C@H](C)O1. The number of nitrogens with zero attached hydrogens (tertiary/aromatic N) is 1. The molecule has 2 aromatic rings. The van der Waals surface area contributed by atoms with Gasteiger partial charge >= 0.3 is 0 Å². The zero-order valence-electron chi connectivity index (χ0n) is 14.9. The van der Waals surface area contributed by atoms with Crippen molar-refractivity contribution in [1.29, 1.82) is 0 Å². The highest BCUT2D eigenvalue weighted by Crippen LogP contribution is 2.19. The Morgan fingerprint density at radius 1 is 1.00 bits per heavy atom. The second kappa shape index (κ2) is 8.28. The molecule has 25 heavy (non-hydrogen) atoms. The zero-order valence-corrected chi connectivity index (χ0v) is 14.9. The van der Waals surface area contributed by atoms with Crippen LogP contribution in [0.5, 0.6) is 0 Å². The summed E-state index contributed by atoms with van der Waals surface area (Å²) in [6.45, 7) is 7.54. The van der Waals surface area contributed by atoms with Crippen molar-refractivity contribution in [2.75, 3.05) is 26.2 Å². The minimum absolute atomic E-state index is 0.0195. The van der Waals surface area contributed by atoms with Crippen LogP contribution in [0.25, 0.3) is 11.1 Å². The van der Waals surface area contributed by atoms with Crippen LogP contribution in [-0.4, -0.2) is 49.2 Å². The Kier molecular flexibility index (Phi) is 5.84.